The molecule has 0 aromatic rings. The van der Waals surface area contributed by atoms with Crippen molar-refractivity contribution < 1.29 is 39.2 Å². The second-order valence-corrected chi connectivity index (χ2v) is 10.1. The highest BCUT2D eigenvalue weighted by molar-refractivity contribution is 5.94. The lowest BCUT2D eigenvalue weighted by Crippen LogP contribution is -2.61. The quantitative estimate of drug-likeness (QED) is 0.0423. The predicted octanol–water partition coefficient (Wildman–Crippen LogP) is 4.63. The number of methoxy groups -OCH3 is 1. The van der Waals surface area contributed by atoms with Crippen LogP contribution in [0, 0.1) is 5.92 Å². The molecule has 0 radical (unpaired) electrons. The standard InChI is InChI=1S/C35H52N2O8/c1-3-4-5-6-7-8-9-10-11-12-13-14-15-16-17-18-19-20-21-23-32(41)37-35(34(43)44,30(28-38)29-39)26-22-27-36-31(40)24-25-33(42)45-2/h4-5,7-8,10-11,13-14,16-17,19-20,24-25,30,38-39H,3,6,9,12,15,18,21-23,26-29H2,1-2H3,(H,36,40)(H,37,41)(H,43,44)/b5-4-,8-7-,11-10-,14-13-,17-16-,20-19-,25-24+/t35-/m0/s1. The molecule has 0 aliphatic carbocycles. The fourth-order valence-corrected chi connectivity index (χ4v) is 4.09. The van der Waals surface area contributed by atoms with Crippen molar-refractivity contribution in [2.24, 2.45) is 5.92 Å². The van der Waals surface area contributed by atoms with E-state index in [1.165, 1.54) is 7.11 Å². The molecule has 0 saturated heterocycles. The van der Waals surface area contributed by atoms with Crippen LogP contribution in [0.2, 0.25) is 0 Å². The Morgan fingerprint density at radius 3 is 1.69 bits per heavy atom. The smallest absolute Gasteiger partial charge is 0.330 e. The molecule has 0 heterocycles. The van der Waals surface area contributed by atoms with Gasteiger partial charge in [0.05, 0.1) is 20.3 Å². The second kappa shape index (κ2) is 27.5. The number of hydrogen-bond acceptors (Lipinski definition) is 7. The highest BCUT2D eigenvalue weighted by Crippen LogP contribution is 2.24. The molecule has 0 spiro atoms. The zero-order valence-electron chi connectivity index (χ0n) is 26.7. The molecule has 2 amide bonds. The molecule has 0 fully saturated rings. The summed E-state index contributed by atoms with van der Waals surface area (Å²) in [4.78, 5) is 47.8. The van der Waals surface area contributed by atoms with Gasteiger partial charge in [0.15, 0.2) is 0 Å². The molecule has 0 saturated carbocycles. The van der Waals surface area contributed by atoms with Crippen molar-refractivity contribution >= 4 is 23.8 Å². The fourth-order valence-electron chi connectivity index (χ4n) is 4.09. The van der Waals surface area contributed by atoms with Crippen LogP contribution in [-0.2, 0) is 23.9 Å². The number of carboxylic acids is 1. The normalized spacial score (nSPS) is 13.8. The van der Waals surface area contributed by atoms with Crippen LogP contribution >= 0.6 is 0 Å². The van der Waals surface area contributed by atoms with E-state index in [1.807, 2.05) is 18.2 Å². The number of nitrogens with one attached hydrogen (secondary N) is 2. The molecule has 0 aromatic carbocycles. The molecule has 45 heavy (non-hydrogen) atoms. The van der Waals surface area contributed by atoms with Gasteiger partial charge in [0.25, 0.3) is 0 Å². The third-order valence-corrected chi connectivity index (χ3v) is 6.64. The molecule has 250 valence electrons. The number of aliphatic hydroxyl groups is 2. The van der Waals surface area contributed by atoms with Gasteiger partial charge in [-0.25, -0.2) is 9.59 Å². The monoisotopic (exact) mass is 628 g/mol. The number of amides is 2. The summed E-state index contributed by atoms with van der Waals surface area (Å²) < 4.78 is 4.40. The fraction of sp³-hybridized carbons (Fsp3) is 0.486. The second-order valence-electron chi connectivity index (χ2n) is 10.1. The molecule has 0 unspecified atom stereocenters. The van der Waals surface area contributed by atoms with Gasteiger partial charge < -0.3 is 30.7 Å². The summed E-state index contributed by atoms with van der Waals surface area (Å²) in [6.45, 7) is 0.839. The topological polar surface area (TPSA) is 162 Å². The van der Waals surface area contributed by atoms with Crippen molar-refractivity contribution in [1.82, 2.24) is 10.6 Å². The van der Waals surface area contributed by atoms with E-state index in [1.54, 1.807) is 0 Å². The van der Waals surface area contributed by atoms with E-state index in [-0.39, 0.29) is 25.8 Å². The number of carbonyl (C=O) groups excluding carboxylic acids is 3. The van der Waals surface area contributed by atoms with Gasteiger partial charge in [-0.3, -0.25) is 9.59 Å². The number of esters is 1. The zero-order chi connectivity index (χ0) is 33.6. The largest absolute Gasteiger partial charge is 0.479 e. The van der Waals surface area contributed by atoms with Crippen LogP contribution < -0.4 is 10.6 Å². The van der Waals surface area contributed by atoms with Crippen LogP contribution in [0.4, 0.5) is 0 Å². The number of allylic oxidation sites excluding steroid dienone is 12. The molecular formula is C35H52N2O8. The van der Waals surface area contributed by atoms with E-state index in [2.05, 4.69) is 77.0 Å². The Balaban J connectivity index is 4.59. The van der Waals surface area contributed by atoms with Crippen LogP contribution in [0.15, 0.2) is 85.1 Å². The average Bonchev–Trinajstić information content (AvgIpc) is 3.03. The first-order valence-corrected chi connectivity index (χ1v) is 15.5. The maximum Gasteiger partial charge on any atom is 0.330 e. The summed E-state index contributed by atoms with van der Waals surface area (Å²) in [7, 11) is 1.17. The molecule has 0 aromatic heterocycles. The van der Waals surface area contributed by atoms with Crippen LogP contribution in [0.1, 0.15) is 71.1 Å². The molecule has 10 nitrogen and oxygen atoms in total. The van der Waals surface area contributed by atoms with Gasteiger partial charge >= 0.3 is 11.9 Å². The SMILES string of the molecule is CC/C=C\C/C=C\C/C=C\C/C=C\C/C=C\C/C=C\CCC(=O)N[C@](CCCNC(=O)/C=C/C(=O)OC)(C(=O)O)C(CO)CO. The van der Waals surface area contributed by atoms with Crippen LogP contribution in [-0.4, -0.2) is 71.5 Å². The lowest BCUT2D eigenvalue weighted by Gasteiger charge is -2.36. The summed E-state index contributed by atoms with van der Waals surface area (Å²) >= 11 is 0. The Morgan fingerprint density at radius 1 is 0.756 bits per heavy atom. The van der Waals surface area contributed by atoms with Gasteiger partial charge in [-0.2, -0.15) is 0 Å². The highest BCUT2D eigenvalue weighted by Gasteiger charge is 2.46. The number of hydrogen-bond donors (Lipinski definition) is 5. The van der Waals surface area contributed by atoms with Gasteiger partial charge in [0.1, 0.15) is 5.54 Å². The van der Waals surface area contributed by atoms with Crippen molar-refractivity contribution in [3.8, 4) is 0 Å². The first-order chi connectivity index (χ1) is 21.8. The minimum absolute atomic E-state index is 0.0236. The molecule has 0 aliphatic rings. The molecule has 1 atom stereocenters. The van der Waals surface area contributed by atoms with Crippen LogP contribution in [0.25, 0.3) is 0 Å². The van der Waals surface area contributed by atoms with Gasteiger partial charge in [-0.1, -0.05) is 79.8 Å². The van der Waals surface area contributed by atoms with Crippen molar-refractivity contribution in [2.75, 3.05) is 26.9 Å². The van der Waals surface area contributed by atoms with E-state index < -0.39 is 48.4 Å². The molecule has 0 aliphatic heterocycles. The van der Waals surface area contributed by atoms with E-state index in [0.29, 0.717) is 12.8 Å². The Morgan fingerprint density at radius 2 is 1.24 bits per heavy atom. The number of aliphatic carboxylic acids is 1. The van der Waals surface area contributed by atoms with Crippen molar-refractivity contribution in [3.63, 3.8) is 0 Å². The Bertz CT molecular complexity index is 1070. The zero-order valence-corrected chi connectivity index (χ0v) is 26.7. The minimum Gasteiger partial charge on any atom is -0.479 e. The Labute approximate surface area is 268 Å². The van der Waals surface area contributed by atoms with Gasteiger partial charge in [-0.05, 0) is 57.8 Å². The molecule has 5 N–H and O–H groups in total. The van der Waals surface area contributed by atoms with Gasteiger partial charge in [0, 0.05) is 31.0 Å². The van der Waals surface area contributed by atoms with Gasteiger partial charge in [-0.15, -0.1) is 0 Å². The summed E-state index contributed by atoms with van der Waals surface area (Å²) in [5.74, 6) is -4.36. The first kappa shape index (κ1) is 41.0. The maximum absolute atomic E-state index is 12.7. The van der Waals surface area contributed by atoms with Crippen molar-refractivity contribution in [2.45, 2.75) is 76.7 Å². The Hall–Kier alpha value is -4.02. The van der Waals surface area contributed by atoms with E-state index in [9.17, 15) is 34.5 Å². The van der Waals surface area contributed by atoms with Crippen molar-refractivity contribution in [3.05, 3.63) is 85.1 Å². The number of carbonyl (C=O) groups is 4. The number of ether oxygens (including phenoxy) is 1. The van der Waals surface area contributed by atoms with Crippen LogP contribution in [0.3, 0.4) is 0 Å². The minimum atomic E-state index is -1.92. The number of aliphatic hydroxyl groups excluding tert-OH is 2. The summed E-state index contributed by atoms with van der Waals surface area (Å²) in [6, 6.07) is 0. The third kappa shape index (κ3) is 20.5. The maximum atomic E-state index is 12.7. The summed E-state index contributed by atoms with van der Waals surface area (Å²) in [6.07, 6.45) is 32.8. The first-order valence-electron chi connectivity index (χ1n) is 15.5. The lowest BCUT2D eigenvalue weighted by molar-refractivity contribution is -0.153. The van der Waals surface area contributed by atoms with Crippen molar-refractivity contribution in [1.29, 1.82) is 0 Å². The average molecular weight is 629 g/mol. The van der Waals surface area contributed by atoms with E-state index in [0.717, 1.165) is 44.3 Å². The lowest BCUT2D eigenvalue weighted by atomic mass is 9.80. The summed E-state index contributed by atoms with van der Waals surface area (Å²) in [5.41, 5.74) is -1.92. The van der Waals surface area contributed by atoms with Crippen LogP contribution in [0.5, 0.6) is 0 Å². The number of rotatable bonds is 25. The molecule has 0 bridgehead atoms. The summed E-state index contributed by atoms with van der Waals surface area (Å²) in [5, 5.41) is 34.5. The van der Waals surface area contributed by atoms with Gasteiger partial charge in [0.2, 0.25) is 11.8 Å². The third-order valence-electron chi connectivity index (χ3n) is 6.64. The predicted molar refractivity (Wildman–Crippen MR) is 177 cm³/mol. The van der Waals surface area contributed by atoms with E-state index in [4.69, 9.17) is 0 Å². The Kier molecular flexibility index (Phi) is 25.1. The molecule has 10 heteroatoms. The highest BCUT2D eigenvalue weighted by atomic mass is 16.5. The molecule has 0 rings (SSSR count). The molecular weight excluding hydrogens is 576 g/mol. The number of carboxylic acid groups (broad SMARTS) is 1. The van der Waals surface area contributed by atoms with E-state index >= 15 is 0 Å².